The Morgan fingerprint density at radius 1 is 1.00 bits per heavy atom. The van der Waals surface area contributed by atoms with Gasteiger partial charge in [0, 0.05) is 23.7 Å². The molecule has 0 amide bonds. The first kappa shape index (κ1) is 22.3. The summed E-state index contributed by atoms with van der Waals surface area (Å²) in [6, 6.07) is 22.3. The van der Waals surface area contributed by atoms with Gasteiger partial charge in [0.1, 0.15) is 12.4 Å². The summed E-state index contributed by atoms with van der Waals surface area (Å²) in [6.45, 7) is 2.30. The molecule has 2 heterocycles. The molecule has 0 atom stereocenters. The summed E-state index contributed by atoms with van der Waals surface area (Å²) in [6.07, 6.45) is 0. The molecule has 2 aromatic carbocycles. The number of halogens is 1. The van der Waals surface area contributed by atoms with Gasteiger partial charge >= 0.3 is 0 Å². The normalized spacial score (nSPS) is 10.5. The van der Waals surface area contributed by atoms with Gasteiger partial charge in [0.05, 0.1) is 5.69 Å². The molecule has 4 aromatic rings. The smallest absolute Gasteiger partial charge is 0.214 e. The maximum absolute atomic E-state index is 5.80. The van der Waals surface area contributed by atoms with Crippen LogP contribution in [0.3, 0.4) is 0 Å². The maximum Gasteiger partial charge on any atom is 0.214 e. The van der Waals surface area contributed by atoms with E-state index >= 15 is 0 Å². The molecule has 0 fully saturated rings. The Morgan fingerprint density at radius 3 is 2.60 bits per heavy atom. The third-order valence-corrected chi connectivity index (χ3v) is 5.94. The number of nitrogens with zero attached hydrogens (tertiary/aromatic N) is 4. The second-order valence-corrected chi connectivity index (χ2v) is 8.34. The molecule has 0 unspecified atom stereocenters. The molecule has 156 valence electrons. The van der Waals surface area contributed by atoms with Gasteiger partial charge in [-0.15, -0.1) is 28.8 Å². The van der Waals surface area contributed by atoms with Crippen molar-refractivity contribution < 1.29 is 4.74 Å². The number of aromatic nitrogens is 4. The lowest BCUT2D eigenvalue weighted by Crippen LogP contribution is -2.16. The number of thioether (sulfide) groups is 1. The Labute approximate surface area is 190 Å². The summed E-state index contributed by atoms with van der Waals surface area (Å²) in [5.41, 5.74) is 2.20. The van der Waals surface area contributed by atoms with Crippen molar-refractivity contribution in [3.8, 4) is 11.4 Å². The van der Waals surface area contributed by atoms with E-state index in [1.807, 2.05) is 48.5 Å². The molecular weight excluding hydrogens is 438 g/mol. The van der Waals surface area contributed by atoms with Crippen LogP contribution in [-0.2, 0) is 13.2 Å². The molecule has 0 saturated carbocycles. The minimum absolute atomic E-state index is 0. The fourth-order valence-corrected chi connectivity index (χ4v) is 4.10. The zero-order chi connectivity index (χ0) is 19.7. The van der Waals surface area contributed by atoms with Crippen LogP contribution in [0, 0.1) is 0 Å². The molecule has 4 rings (SSSR count). The highest BCUT2D eigenvalue weighted by Gasteiger charge is 2.08. The Morgan fingerprint density at radius 2 is 1.83 bits per heavy atom. The van der Waals surface area contributed by atoms with Crippen molar-refractivity contribution in [3.05, 3.63) is 82.6 Å². The van der Waals surface area contributed by atoms with E-state index in [1.165, 1.54) is 10.4 Å². The number of nitrogens with one attached hydrogen (secondary N) is 1. The van der Waals surface area contributed by atoms with E-state index in [2.05, 4.69) is 44.4 Å². The topological polar surface area (TPSA) is 64.9 Å². The lowest BCUT2D eigenvalue weighted by molar-refractivity contribution is 0.309. The lowest BCUT2D eigenvalue weighted by Gasteiger charge is -2.08. The van der Waals surface area contributed by atoms with Crippen LogP contribution in [0.25, 0.3) is 5.69 Å². The molecule has 0 radical (unpaired) electrons. The third kappa shape index (κ3) is 6.30. The molecule has 9 heteroatoms. The molecule has 0 aliphatic carbocycles. The van der Waals surface area contributed by atoms with E-state index in [9.17, 15) is 0 Å². The summed E-state index contributed by atoms with van der Waals surface area (Å²) in [4.78, 5) is 1.23. The van der Waals surface area contributed by atoms with Gasteiger partial charge in [-0.3, -0.25) is 0 Å². The highest BCUT2D eigenvalue weighted by Crippen LogP contribution is 2.18. The fraction of sp³-hybridized carbons (Fsp3) is 0.190. The molecule has 2 aromatic heterocycles. The largest absolute Gasteiger partial charge is 0.488 e. The summed E-state index contributed by atoms with van der Waals surface area (Å²) < 4.78 is 7.57. The van der Waals surface area contributed by atoms with E-state index < -0.39 is 0 Å². The Balaban J connectivity index is 0.00000256. The van der Waals surface area contributed by atoms with Crippen molar-refractivity contribution in [2.75, 3.05) is 12.3 Å². The molecule has 0 spiro atoms. The fourth-order valence-electron chi connectivity index (χ4n) is 2.70. The summed E-state index contributed by atoms with van der Waals surface area (Å²) in [5, 5.41) is 18.3. The highest BCUT2D eigenvalue weighted by atomic mass is 35.5. The van der Waals surface area contributed by atoms with Crippen LogP contribution in [0.15, 0.2) is 77.3 Å². The Hall–Kier alpha value is -2.39. The van der Waals surface area contributed by atoms with Crippen molar-refractivity contribution in [2.45, 2.75) is 18.3 Å². The van der Waals surface area contributed by atoms with Crippen LogP contribution in [0.1, 0.15) is 10.4 Å². The summed E-state index contributed by atoms with van der Waals surface area (Å²) in [7, 11) is 0. The minimum atomic E-state index is 0. The van der Waals surface area contributed by atoms with Crippen molar-refractivity contribution in [2.24, 2.45) is 0 Å². The predicted octanol–water partition coefficient (Wildman–Crippen LogP) is 4.61. The summed E-state index contributed by atoms with van der Waals surface area (Å²) in [5.74, 6) is 1.78. The number of ether oxygens (including phenoxy) is 1. The van der Waals surface area contributed by atoms with Crippen LogP contribution in [-0.4, -0.2) is 32.5 Å². The standard InChI is InChI=1S/C21H21N5OS2.ClH/c1-2-5-18(6-3-1)26-21(23-24-25-26)29-14-12-22-15-17-8-10-19(11-9-17)27-16-20-7-4-13-28-20;/h1-11,13,22H,12,14-16H2;1H. The van der Waals surface area contributed by atoms with E-state index in [4.69, 9.17) is 4.74 Å². The molecule has 0 bridgehead atoms. The number of hydrogen-bond donors (Lipinski definition) is 1. The average molecular weight is 460 g/mol. The van der Waals surface area contributed by atoms with Gasteiger partial charge in [0.15, 0.2) is 0 Å². The van der Waals surface area contributed by atoms with Crippen LogP contribution in [0.4, 0.5) is 0 Å². The molecule has 0 aliphatic heterocycles. The maximum atomic E-state index is 5.80. The molecule has 0 aliphatic rings. The third-order valence-electron chi connectivity index (χ3n) is 4.17. The van der Waals surface area contributed by atoms with Crippen LogP contribution in [0.2, 0.25) is 0 Å². The number of tetrazole rings is 1. The van der Waals surface area contributed by atoms with E-state index in [0.29, 0.717) is 6.61 Å². The molecule has 6 nitrogen and oxygen atoms in total. The van der Waals surface area contributed by atoms with Crippen molar-refractivity contribution in [3.63, 3.8) is 0 Å². The van der Waals surface area contributed by atoms with E-state index in [1.54, 1.807) is 27.8 Å². The van der Waals surface area contributed by atoms with Crippen molar-refractivity contribution >= 4 is 35.5 Å². The number of para-hydroxylation sites is 1. The first-order valence-corrected chi connectivity index (χ1v) is 11.2. The van der Waals surface area contributed by atoms with Crippen molar-refractivity contribution in [1.29, 1.82) is 0 Å². The Bertz CT molecular complexity index is 994. The predicted molar refractivity (Wildman–Crippen MR) is 124 cm³/mol. The number of hydrogen-bond acceptors (Lipinski definition) is 7. The van der Waals surface area contributed by atoms with Crippen molar-refractivity contribution in [1.82, 2.24) is 25.5 Å². The van der Waals surface area contributed by atoms with Crippen LogP contribution < -0.4 is 10.1 Å². The van der Waals surface area contributed by atoms with Gasteiger partial charge in [0.25, 0.3) is 0 Å². The monoisotopic (exact) mass is 459 g/mol. The molecule has 1 N–H and O–H groups in total. The highest BCUT2D eigenvalue weighted by molar-refractivity contribution is 7.99. The lowest BCUT2D eigenvalue weighted by atomic mass is 10.2. The average Bonchev–Trinajstić information content (AvgIpc) is 3.46. The number of thiophene rings is 1. The molecular formula is C21H22ClN5OS2. The summed E-state index contributed by atoms with van der Waals surface area (Å²) >= 11 is 3.35. The van der Waals surface area contributed by atoms with Gasteiger partial charge in [-0.1, -0.05) is 48.2 Å². The minimum Gasteiger partial charge on any atom is -0.488 e. The zero-order valence-corrected chi connectivity index (χ0v) is 18.6. The van der Waals surface area contributed by atoms with Gasteiger partial charge in [-0.25, -0.2) is 0 Å². The first-order valence-electron chi connectivity index (χ1n) is 9.30. The van der Waals surface area contributed by atoms with Gasteiger partial charge in [-0.2, -0.15) is 4.68 Å². The van der Waals surface area contributed by atoms with Gasteiger partial charge in [-0.05, 0) is 51.7 Å². The second kappa shape index (κ2) is 11.7. The number of benzene rings is 2. The van der Waals surface area contributed by atoms with Crippen LogP contribution in [0.5, 0.6) is 5.75 Å². The SMILES string of the molecule is Cl.c1ccc(-n2nnnc2SCCNCc2ccc(OCc3cccs3)cc2)cc1. The molecule has 30 heavy (non-hydrogen) atoms. The zero-order valence-electron chi connectivity index (χ0n) is 16.2. The van der Waals surface area contributed by atoms with E-state index in [-0.39, 0.29) is 12.4 Å². The van der Waals surface area contributed by atoms with Crippen LogP contribution >= 0.6 is 35.5 Å². The van der Waals surface area contributed by atoms with Gasteiger partial charge in [0.2, 0.25) is 5.16 Å². The quantitative estimate of drug-likeness (QED) is 0.276. The van der Waals surface area contributed by atoms with Gasteiger partial charge < -0.3 is 10.1 Å². The molecule has 0 saturated heterocycles. The number of rotatable bonds is 10. The van der Waals surface area contributed by atoms with E-state index in [0.717, 1.165) is 35.4 Å². The Kier molecular flexibility index (Phi) is 8.70. The first-order chi connectivity index (χ1) is 14.4. The second-order valence-electron chi connectivity index (χ2n) is 6.25.